The number of nitrogens with one attached hydrogen (secondary N) is 1. The molecule has 78 valence electrons. The van der Waals surface area contributed by atoms with Crippen LogP contribution in [0.25, 0.3) is 0 Å². The van der Waals surface area contributed by atoms with Crippen molar-refractivity contribution in [2.75, 3.05) is 5.32 Å². The Labute approximate surface area is 86.0 Å². The van der Waals surface area contributed by atoms with Gasteiger partial charge in [-0.25, -0.2) is 9.97 Å². The fourth-order valence-corrected chi connectivity index (χ4v) is 1.26. The minimum Gasteiger partial charge on any atom is -0.365 e. The summed E-state index contributed by atoms with van der Waals surface area (Å²) in [6.07, 6.45) is 3.97. The highest BCUT2D eigenvalue weighted by Gasteiger charge is 2.19. The fraction of sp³-hybridized carbons (Fsp3) is 0.636. The van der Waals surface area contributed by atoms with E-state index in [1.165, 1.54) is 0 Å². The smallest absolute Gasteiger partial charge is 0.130 e. The van der Waals surface area contributed by atoms with Gasteiger partial charge in [0.25, 0.3) is 0 Å². The third-order valence-electron chi connectivity index (χ3n) is 2.77. The maximum absolute atomic E-state index is 4.33. The Hall–Kier alpha value is -1.12. The first-order valence-electron chi connectivity index (χ1n) is 5.17. The number of hydrogen-bond donors (Lipinski definition) is 1. The molecule has 0 atom stereocenters. The summed E-state index contributed by atoms with van der Waals surface area (Å²) in [5.41, 5.74) is 0.140. The van der Waals surface area contributed by atoms with Gasteiger partial charge in [0.15, 0.2) is 0 Å². The first kappa shape index (κ1) is 11.0. The quantitative estimate of drug-likeness (QED) is 0.799. The van der Waals surface area contributed by atoms with E-state index in [1.807, 2.05) is 13.0 Å². The summed E-state index contributed by atoms with van der Waals surface area (Å²) in [5.74, 6) is 1.73. The summed E-state index contributed by atoms with van der Waals surface area (Å²) in [4.78, 5) is 8.40. The number of aryl methyl sites for hydroxylation is 1. The van der Waals surface area contributed by atoms with E-state index in [4.69, 9.17) is 0 Å². The standard InChI is InChI=1S/C11H19N3/c1-5-11(4,6-2)14-10-7-8-12-9(3)13-10/h7-8H,5-6H2,1-4H3,(H,12,13,14). The van der Waals surface area contributed by atoms with Gasteiger partial charge in [-0.3, -0.25) is 0 Å². The van der Waals surface area contributed by atoms with Crippen molar-refractivity contribution < 1.29 is 0 Å². The normalized spacial score (nSPS) is 11.4. The maximum atomic E-state index is 4.33. The molecule has 0 unspecified atom stereocenters. The van der Waals surface area contributed by atoms with Crippen molar-refractivity contribution in [1.82, 2.24) is 9.97 Å². The lowest BCUT2D eigenvalue weighted by Crippen LogP contribution is -2.33. The highest BCUT2D eigenvalue weighted by molar-refractivity contribution is 5.36. The molecule has 1 rings (SSSR count). The van der Waals surface area contributed by atoms with Gasteiger partial charge in [0.2, 0.25) is 0 Å². The van der Waals surface area contributed by atoms with Crippen LogP contribution in [0, 0.1) is 6.92 Å². The lowest BCUT2D eigenvalue weighted by atomic mass is 9.96. The average molecular weight is 193 g/mol. The van der Waals surface area contributed by atoms with Gasteiger partial charge in [0, 0.05) is 11.7 Å². The minimum atomic E-state index is 0.140. The van der Waals surface area contributed by atoms with Gasteiger partial charge >= 0.3 is 0 Å². The van der Waals surface area contributed by atoms with Crippen LogP contribution in [0.2, 0.25) is 0 Å². The van der Waals surface area contributed by atoms with Crippen LogP contribution in [0.5, 0.6) is 0 Å². The Morgan fingerprint density at radius 3 is 2.50 bits per heavy atom. The molecule has 0 spiro atoms. The molecule has 0 aliphatic carbocycles. The average Bonchev–Trinajstić information content (AvgIpc) is 2.18. The SMILES string of the molecule is CCC(C)(CC)Nc1ccnc(C)n1. The van der Waals surface area contributed by atoms with E-state index in [0.29, 0.717) is 0 Å². The minimum absolute atomic E-state index is 0.140. The molecule has 0 saturated carbocycles. The highest BCUT2D eigenvalue weighted by Crippen LogP contribution is 2.19. The second-order valence-electron chi connectivity index (χ2n) is 3.88. The molecule has 0 radical (unpaired) electrons. The molecular weight excluding hydrogens is 174 g/mol. The van der Waals surface area contributed by atoms with Gasteiger partial charge in [0.05, 0.1) is 0 Å². The van der Waals surface area contributed by atoms with Crippen LogP contribution in [0.15, 0.2) is 12.3 Å². The lowest BCUT2D eigenvalue weighted by Gasteiger charge is -2.28. The topological polar surface area (TPSA) is 37.8 Å². The molecule has 0 fully saturated rings. The van der Waals surface area contributed by atoms with Crippen molar-refractivity contribution >= 4 is 5.82 Å². The van der Waals surface area contributed by atoms with Crippen molar-refractivity contribution in [2.45, 2.75) is 46.1 Å². The highest BCUT2D eigenvalue weighted by atomic mass is 15.1. The molecule has 14 heavy (non-hydrogen) atoms. The molecule has 0 aliphatic heterocycles. The van der Waals surface area contributed by atoms with E-state index in [-0.39, 0.29) is 5.54 Å². The van der Waals surface area contributed by atoms with E-state index in [0.717, 1.165) is 24.5 Å². The number of nitrogens with zero attached hydrogens (tertiary/aromatic N) is 2. The summed E-state index contributed by atoms with van der Waals surface area (Å²) in [7, 11) is 0. The fourth-order valence-electron chi connectivity index (χ4n) is 1.26. The van der Waals surface area contributed by atoms with Gasteiger partial charge in [-0.05, 0) is 32.8 Å². The van der Waals surface area contributed by atoms with Crippen LogP contribution in [-0.2, 0) is 0 Å². The second-order valence-corrected chi connectivity index (χ2v) is 3.88. The first-order valence-corrected chi connectivity index (χ1v) is 5.17. The Bertz CT molecular complexity index is 292. The molecule has 1 aromatic heterocycles. The van der Waals surface area contributed by atoms with Crippen molar-refractivity contribution in [1.29, 1.82) is 0 Å². The number of hydrogen-bond acceptors (Lipinski definition) is 3. The van der Waals surface area contributed by atoms with Crippen LogP contribution in [0.4, 0.5) is 5.82 Å². The van der Waals surface area contributed by atoms with E-state index in [1.54, 1.807) is 6.20 Å². The summed E-state index contributed by atoms with van der Waals surface area (Å²) in [6, 6.07) is 1.91. The largest absolute Gasteiger partial charge is 0.365 e. The molecule has 3 nitrogen and oxygen atoms in total. The van der Waals surface area contributed by atoms with Gasteiger partial charge in [-0.15, -0.1) is 0 Å². The van der Waals surface area contributed by atoms with Crippen molar-refractivity contribution in [3.05, 3.63) is 18.1 Å². The predicted molar refractivity (Wildman–Crippen MR) is 59.4 cm³/mol. The second kappa shape index (κ2) is 4.40. The van der Waals surface area contributed by atoms with Crippen molar-refractivity contribution in [2.24, 2.45) is 0 Å². The molecule has 0 amide bonds. The van der Waals surface area contributed by atoms with Crippen LogP contribution in [0.3, 0.4) is 0 Å². The van der Waals surface area contributed by atoms with Gasteiger partial charge in [0.1, 0.15) is 11.6 Å². The Morgan fingerprint density at radius 1 is 1.36 bits per heavy atom. The monoisotopic (exact) mass is 193 g/mol. The van der Waals surface area contributed by atoms with E-state index < -0.39 is 0 Å². The molecule has 1 aromatic rings. The van der Waals surface area contributed by atoms with Crippen molar-refractivity contribution in [3.8, 4) is 0 Å². The maximum Gasteiger partial charge on any atom is 0.130 e. The number of rotatable bonds is 4. The van der Waals surface area contributed by atoms with E-state index in [9.17, 15) is 0 Å². The zero-order chi connectivity index (χ0) is 10.6. The van der Waals surface area contributed by atoms with E-state index >= 15 is 0 Å². The predicted octanol–water partition coefficient (Wildman–Crippen LogP) is 2.78. The molecule has 0 saturated heterocycles. The third kappa shape index (κ3) is 2.69. The van der Waals surface area contributed by atoms with Crippen LogP contribution in [0.1, 0.15) is 39.4 Å². The van der Waals surface area contributed by atoms with Gasteiger partial charge in [-0.1, -0.05) is 13.8 Å². The Kier molecular flexibility index (Phi) is 3.44. The molecule has 1 N–H and O–H groups in total. The summed E-state index contributed by atoms with van der Waals surface area (Å²) in [6.45, 7) is 8.49. The van der Waals surface area contributed by atoms with Crippen LogP contribution < -0.4 is 5.32 Å². The van der Waals surface area contributed by atoms with Crippen LogP contribution in [-0.4, -0.2) is 15.5 Å². The van der Waals surface area contributed by atoms with E-state index in [2.05, 4.69) is 36.1 Å². The number of aromatic nitrogens is 2. The molecule has 0 aromatic carbocycles. The van der Waals surface area contributed by atoms with Crippen LogP contribution >= 0.6 is 0 Å². The molecule has 1 heterocycles. The summed E-state index contributed by atoms with van der Waals surface area (Å²) in [5, 5.41) is 3.44. The van der Waals surface area contributed by atoms with Gasteiger partial charge in [-0.2, -0.15) is 0 Å². The summed E-state index contributed by atoms with van der Waals surface area (Å²) < 4.78 is 0. The molecule has 3 heteroatoms. The molecular formula is C11H19N3. The van der Waals surface area contributed by atoms with Crippen molar-refractivity contribution in [3.63, 3.8) is 0 Å². The Morgan fingerprint density at radius 2 is 2.00 bits per heavy atom. The first-order chi connectivity index (χ1) is 6.59. The zero-order valence-electron chi connectivity index (χ0n) is 9.46. The summed E-state index contributed by atoms with van der Waals surface area (Å²) >= 11 is 0. The van der Waals surface area contributed by atoms with Gasteiger partial charge < -0.3 is 5.32 Å². The Balaban J connectivity index is 2.77. The number of anilines is 1. The third-order valence-corrected chi connectivity index (χ3v) is 2.77. The zero-order valence-corrected chi connectivity index (χ0v) is 9.46. The molecule has 0 aliphatic rings. The molecule has 0 bridgehead atoms. The lowest BCUT2D eigenvalue weighted by molar-refractivity contribution is 0.476.